The minimum absolute atomic E-state index is 0.00676. The molecule has 0 saturated carbocycles. The summed E-state index contributed by atoms with van der Waals surface area (Å²) >= 11 is 0. The van der Waals surface area contributed by atoms with E-state index >= 15 is 0 Å². The molecule has 2 aromatic carbocycles. The number of amides is 1. The van der Waals surface area contributed by atoms with Crippen molar-refractivity contribution in [3.05, 3.63) is 64.7 Å². The number of hydrogen-bond donors (Lipinski definition) is 1. The summed E-state index contributed by atoms with van der Waals surface area (Å²) < 4.78 is 11.3. The second-order valence-corrected chi connectivity index (χ2v) is 6.77. The van der Waals surface area contributed by atoms with Crippen LogP contribution >= 0.6 is 0 Å². The third kappa shape index (κ3) is 3.63. The maximum atomic E-state index is 11.9. The van der Waals surface area contributed by atoms with Crippen molar-refractivity contribution in [2.75, 3.05) is 6.54 Å². The summed E-state index contributed by atoms with van der Waals surface area (Å²) in [6.45, 7) is 0.753. The van der Waals surface area contributed by atoms with Gasteiger partial charge in [-0.25, -0.2) is 4.79 Å². The number of carbonyl (C=O) groups excluding carboxylic acids is 1. The Morgan fingerprint density at radius 3 is 2.80 bits per heavy atom. The van der Waals surface area contributed by atoms with Crippen LogP contribution in [0.2, 0.25) is 0 Å². The van der Waals surface area contributed by atoms with Crippen LogP contribution in [0.4, 0.5) is 4.79 Å². The van der Waals surface area contributed by atoms with Crippen LogP contribution in [0.5, 0.6) is 5.75 Å². The van der Waals surface area contributed by atoms with Gasteiger partial charge in [-0.1, -0.05) is 36.4 Å². The minimum atomic E-state index is -0.398. The molecule has 1 unspecified atom stereocenters. The quantitative estimate of drug-likeness (QED) is 0.923. The Morgan fingerprint density at radius 2 is 1.92 bits per heavy atom. The van der Waals surface area contributed by atoms with Gasteiger partial charge < -0.3 is 14.8 Å². The maximum absolute atomic E-state index is 11.9. The van der Waals surface area contributed by atoms with Crippen LogP contribution in [0.1, 0.15) is 35.1 Å². The molecule has 1 aliphatic heterocycles. The second kappa shape index (κ2) is 7.18. The van der Waals surface area contributed by atoms with E-state index in [1.807, 2.05) is 30.3 Å². The van der Waals surface area contributed by atoms with Crippen LogP contribution < -0.4 is 10.1 Å². The van der Waals surface area contributed by atoms with Gasteiger partial charge in [0.05, 0.1) is 6.54 Å². The Kier molecular flexibility index (Phi) is 4.59. The highest BCUT2D eigenvalue weighted by atomic mass is 16.5. The van der Waals surface area contributed by atoms with Crippen LogP contribution in [0.15, 0.2) is 42.5 Å². The summed E-state index contributed by atoms with van der Waals surface area (Å²) in [5.74, 6) is 0.991. The lowest BCUT2D eigenvalue weighted by molar-refractivity contribution is 0.133. The van der Waals surface area contributed by atoms with E-state index in [1.165, 1.54) is 36.0 Å². The van der Waals surface area contributed by atoms with Gasteiger partial charge in [0.15, 0.2) is 0 Å². The summed E-state index contributed by atoms with van der Waals surface area (Å²) in [7, 11) is 0. The fourth-order valence-electron chi connectivity index (χ4n) is 3.75. The summed E-state index contributed by atoms with van der Waals surface area (Å²) in [4.78, 5) is 11.9. The molecule has 1 N–H and O–H groups in total. The lowest BCUT2D eigenvalue weighted by Crippen LogP contribution is -2.34. The fourth-order valence-corrected chi connectivity index (χ4v) is 3.75. The Bertz CT molecular complexity index is 757. The molecule has 1 aliphatic carbocycles. The van der Waals surface area contributed by atoms with Gasteiger partial charge in [0.2, 0.25) is 0 Å². The van der Waals surface area contributed by atoms with Crippen molar-refractivity contribution in [3.63, 3.8) is 0 Å². The fraction of sp³-hybridized carbons (Fsp3) is 0.381. The molecule has 0 bridgehead atoms. The third-order valence-corrected chi connectivity index (χ3v) is 5.02. The van der Waals surface area contributed by atoms with Gasteiger partial charge in [0.25, 0.3) is 0 Å². The van der Waals surface area contributed by atoms with Crippen molar-refractivity contribution in [1.29, 1.82) is 0 Å². The number of rotatable bonds is 4. The lowest BCUT2D eigenvalue weighted by Gasteiger charge is -2.17. The molecule has 0 aromatic heterocycles. The highest BCUT2D eigenvalue weighted by Crippen LogP contribution is 2.36. The SMILES string of the molecule is O=C(NCC1Cc2c(ccc3c2CCCC3)O1)OCc1ccccc1. The highest BCUT2D eigenvalue weighted by molar-refractivity contribution is 5.67. The smallest absolute Gasteiger partial charge is 0.407 e. The Labute approximate surface area is 148 Å². The predicted molar refractivity (Wildman–Crippen MR) is 95.8 cm³/mol. The number of nitrogens with one attached hydrogen (secondary N) is 1. The molecule has 1 amide bonds. The molecule has 4 heteroatoms. The van der Waals surface area contributed by atoms with Crippen LogP contribution in [0, 0.1) is 0 Å². The monoisotopic (exact) mass is 337 g/mol. The molecule has 2 aliphatic rings. The van der Waals surface area contributed by atoms with Gasteiger partial charge in [-0.15, -0.1) is 0 Å². The van der Waals surface area contributed by atoms with Gasteiger partial charge in [-0.3, -0.25) is 0 Å². The summed E-state index contributed by atoms with van der Waals surface area (Å²) in [6.07, 6.45) is 5.34. The Hall–Kier alpha value is -2.49. The molecule has 1 atom stereocenters. The van der Waals surface area contributed by atoms with Crippen molar-refractivity contribution < 1.29 is 14.3 Å². The lowest BCUT2D eigenvalue weighted by atomic mass is 9.87. The highest BCUT2D eigenvalue weighted by Gasteiger charge is 2.27. The molecule has 25 heavy (non-hydrogen) atoms. The van der Waals surface area contributed by atoms with Gasteiger partial charge in [0, 0.05) is 12.0 Å². The topological polar surface area (TPSA) is 47.6 Å². The number of aryl methyl sites for hydroxylation is 1. The van der Waals surface area contributed by atoms with E-state index < -0.39 is 6.09 Å². The summed E-state index contributed by atoms with van der Waals surface area (Å²) in [6, 6.07) is 14.0. The number of benzene rings is 2. The second-order valence-electron chi connectivity index (χ2n) is 6.77. The molecule has 2 aromatic rings. The molecule has 4 rings (SSSR count). The number of alkyl carbamates (subject to hydrolysis) is 1. The molecule has 0 fully saturated rings. The Morgan fingerprint density at radius 1 is 1.08 bits per heavy atom. The standard InChI is InChI=1S/C21H23NO3/c23-21(24-14-15-6-2-1-3-7-15)22-13-17-12-19-18-9-5-4-8-16(18)10-11-20(19)25-17/h1-3,6-7,10-11,17H,4-5,8-9,12-14H2,(H,22,23). The first-order valence-corrected chi connectivity index (χ1v) is 9.04. The molecular formula is C21H23NO3. The maximum Gasteiger partial charge on any atom is 0.407 e. The minimum Gasteiger partial charge on any atom is -0.488 e. The predicted octanol–water partition coefficient (Wildman–Crippen LogP) is 3.80. The van der Waals surface area contributed by atoms with E-state index in [4.69, 9.17) is 9.47 Å². The van der Waals surface area contributed by atoms with E-state index in [9.17, 15) is 4.79 Å². The molecule has 0 saturated heterocycles. The Balaban J connectivity index is 1.29. The van der Waals surface area contributed by atoms with Crippen molar-refractivity contribution in [3.8, 4) is 5.75 Å². The first-order chi connectivity index (χ1) is 12.3. The number of fused-ring (bicyclic) bond motifs is 3. The van der Waals surface area contributed by atoms with Crippen molar-refractivity contribution >= 4 is 6.09 Å². The largest absolute Gasteiger partial charge is 0.488 e. The zero-order chi connectivity index (χ0) is 17.1. The van der Waals surface area contributed by atoms with Crippen LogP contribution in [0.25, 0.3) is 0 Å². The summed E-state index contributed by atoms with van der Waals surface area (Å²) in [5.41, 5.74) is 5.29. The van der Waals surface area contributed by atoms with Crippen LogP contribution in [-0.4, -0.2) is 18.7 Å². The number of hydrogen-bond acceptors (Lipinski definition) is 3. The zero-order valence-electron chi connectivity index (χ0n) is 14.3. The first kappa shape index (κ1) is 16.0. The normalized spacial score (nSPS) is 18.0. The average Bonchev–Trinajstić information content (AvgIpc) is 3.09. The van der Waals surface area contributed by atoms with E-state index in [2.05, 4.69) is 17.4 Å². The van der Waals surface area contributed by atoms with Gasteiger partial charge in [-0.2, -0.15) is 0 Å². The van der Waals surface area contributed by atoms with Crippen LogP contribution in [0.3, 0.4) is 0 Å². The van der Waals surface area contributed by atoms with Gasteiger partial charge in [-0.05, 0) is 48.4 Å². The molecular weight excluding hydrogens is 314 g/mol. The van der Waals surface area contributed by atoms with E-state index in [-0.39, 0.29) is 12.7 Å². The van der Waals surface area contributed by atoms with Crippen LogP contribution in [-0.2, 0) is 30.6 Å². The van der Waals surface area contributed by atoms with Crippen molar-refractivity contribution in [1.82, 2.24) is 5.32 Å². The number of ether oxygens (including phenoxy) is 2. The summed E-state index contributed by atoms with van der Waals surface area (Å²) in [5, 5.41) is 2.82. The average molecular weight is 337 g/mol. The number of carbonyl (C=O) groups is 1. The first-order valence-electron chi connectivity index (χ1n) is 9.04. The van der Waals surface area contributed by atoms with E-state index in [0.717, 1.165) is 24.2 Å². The van der Waals surface area contributed by atoms with E-state index in [1.54, 1.807) is 0 Å². The molecule has 1 heterocycles. The van der Waals surface area contributed by atoms with Crippen molar-refractivity contribution in [2.24, 2.45) is 0 Å². The van der Waals surface area contributed by atoms with E-state index in [0.29, 0.717) is 6.54 Å². The molecule has 4 nitrogen and oxygen atoms in total. The van der Waals surface area contributed by atoms with Gasteiger partial charge in [0.1, 0.15) is 18.5 Å². The molecule has 130 valence electrons. The zero-order valence-corrected chi connectivity index (χ0v) is 14.3. The van der Waals surface area contributed by atoms with Crippen molar-refractivity contribution in [2.45, 2.75) is 44.8 Å². The third-order valence-electron chi connectivity index (χ3n) is 5.02. The molecule has 0 spiro atoms. The van der Waals surface area contributed by atoms with Gasteiger partial charge >= 0.3 is 6.09 Å². The molecule has 0 radical (unpaired) electrons.